The first-order valence-corrected chi connectivity index (χ1v) is 10.7. The Morgan fingerprint density at radius 1 is 1.32 bits per heavy atom. The number of thiazole rings is 1. The minimum Gasteiger partial charge on any atom is -0.484 e. The van der Waals surface area contributed by atoms with Gasteiger partial charge in [0.25, 0.3) is 5.91 Å². The van der Waals surface area contributed by atoms with Crippen LogP contribution in [0.3, 0.4) is 0 Å². The Balaban J connectivity index is 1.24. The third-order valence-corrected chi connectivity index (χ3v) is 6.59. The summed E-state index contributed by atoms with van der Waals surface area (Å²) in [4.78, 5) is 19.6. The molecule has 5 rings (SSSR count). The first-order chi connectivity index (χ1) is 13.7. The molecule has 0 bridgehead atoms. The van der Waals surface area contributed by atoms with Gasteiger partial charge in [-0.15, -0.1) is 0 Å². The summed E-state index contributed by atoms with van der Waals surface area (Å²) in [6.45, 7) is 2.04. The molecule has 1 aromatic carbocycles. The fourth-order valence-corrected chi connectivity index (χ4v) is 5.24. The van der Waals surface area contributed by atoms with E-state index in [9.17, 15) is 4.79 Å². The molecule has 0 spiro atoms. The topological polar surface area (TPSA) is 68.8 Å². The lowest BCUT2D eigenvalue weighted by molar-refractivity contribution is -0.895. The molecule has 0 saturated heterocycles. The fraction of sp³-hybridized carbons (Fsp3) is 0.429. The molecular weight excluding hydrogens is 374 g/mol. The van der Waals surface area contributed by atoms with Gasteiger partial charge in [-0.3, -0.25) is 10.1 Å². The average molecular weight is 399 g/mol. The SMILES string of the molecule is C[NH+]1CCc2nc(NC(=O)COc3ccc4oc5c(c4c3)CCCC5)sc2C1. The van der Waals surface area contributed by atoms with E-state index in [1.165, 1.54) is 28.2 Å². The van der Waals surface area contributed by atoms with Gasteiger partial charge in [-0.05, 0) is 37.5 Å². The largest absolute Gasteiger partial charge is 0.484 e. The van der Waals surface area contributed by atoms with Crippen molar-refractivity contribution in [2.24, 2.45) is 0 Å². The van der Waals surface area contributed by atoms with Crippen LogP contribution in [0, 0.1) is 0 Å². The summed E-state index contributed by atoms with van der Waals surface area (Å²) in [6.07, 6.45) is 5.42. The number of nitrogens with one attached hydrogen (secondary N) is 2. The molecule has 2 aromatic heterocycles. The lowest BCUT2D eigenvalue weighted by Crippen LogP contribution is -3.08. The Kier molecular flexibility index (Phi) is 4.56. The van der Waals surface area contributed by atoms with Gasteiger partial charge in [-0.25, -0.2) is 4.98 Å². The van der Waals surface area contributed by atoms with Crippen molar-refractivity contribution in [2.45, 2.75) is 38.6 Å². The number of carbonyl (C=O) groups excluding carboxylic acids is 1. The van der Waals surface area contributed by atoms with E-state index in [1.54, 1.807) is 11.3 Å². The lowest BCUT2D eigenvalue weighted by Gasteiger charge is -2.17. The second-order valence-electron chi connectivity index (χ2n) is 7.73. The fourth-order valence-electron chi connectivity index (χ4n) is 4.10. The van der Waals surface area contributed by atoms with Crippen molar-refractivity contribution in [2.75, 3.05) is 25.5 Å². The van der Waals surface area contributed by atoms with Gasteiger partial charge in [-0.1, -0.05) is 11.3 Å². The summed E-state index contributed by atoms with van der Waals surface area (Å²) in [5.74, 6) is 1.62. The van der Waals surface area contributed by atoms with Crippen LogP contribution in [0.4, 0.5) is 5.13 Å². The second-order valence-corrected chi connectivity index (χ2v) is 8.81. The Morgan fingerprint density at radius 3 is 3.14 bits per heavy atom. The Hall–Kier alpha value is -2.38. The Labute approximate surface area is 167 Å². The molecule has 146 valence electrons. The lowest BCUT2D eigenvalue weighted by atomic mass is 9.96. The highest BCUT2D eigenvalue weighted by Gasteiger charge is 2.22. The van der Waals surface area contributed by atoms with Crippen LogP contribution in [-0.2, 0) is 30.6 Å². The number of hydrogen-bond acceptors (Lipinski definition) is 5. The van der Waals surface area contributed by atoms with Gasteiger partial charge in [0.05, 0.1) is 24.2 Å². The van der Waals surface area contributed by atoms with Crippen LogP contribution in [0.25, 0.3) is 11.0 Å². The number of fused-ring (bicyclic) bond motifs is 4. The number of anilines is 1. The number of aryl methyl sites for hydroxylation is 2. The molecule has 3 aromatic rings. The van der Waals surface area contributed by atoms with Gasteiger partial charge >= 0.3 is 0 Å². The van der Waals surface area contributed by atoms with Crippen LogP contribution in [-0.4, -0.2) is 31.1 Å². The Morgan fingerprint density at radius 2 is 2.21 bits per heavy atom. The highest BCUT2D eigenvalue weighted by molar-refractivity contribution is 7.15. The number of hydrogen-bond donors (Lipinski definition) is 2. The monoisotopic (exact) mass is 398 g/mol. The molecule has 3 heterocycles. The maximum Gasteiger partial charge on any atom is 0.264 e. The van der Waals surface area contributed by atoms with E-state index in [0.717, 1.165) is 54.8 Å². The summed E-state index contributed by atoms with van der Waals surface area (Å²) < 4.78 is 11.7. The molecule has 28 heavy (non-hydrogen) atoms. The number of rotatable bonds is 4. The zero-order valence-electron chi connectivity index (χ0n) is 16.0. The number of carbonyl (C=O) groups is 1. The van der Waals surface area contributed by atoms with Gasteiger partial charge in [-0.2, -0.15) is 0 Å². The molecule has 1 unspecified atom stereocenters. The maximum absolute atomic E-state index is 12.3. The van der Waals surface area contributed by atoms with Crippen LogP contribution in [0.2, 0.25) is 0 Å². The number of aromatic nitrogens is 1. The van der Waals surface area contributed by atoms with Gasteiger partial charge in [0.15, 0.2) is 11.7 Å². The number of benzene rings is 1. The molecule has 2 N–H and O–H groups in total. The minimum atomic E-state index is -0.180. The van der Waals surface area contributed by atoms with Crippen LogP contribution >= 0.6 is 11.3 Å². The van der Waals surface area contributed by atoms with E-state index in [-0.39, 0.29) is 12.5 Å². The molecule has 0 radical (unpaired) electrons. The molecule has 0 saturated carbocycles. The molecular formula is C21H24N3O3S+. The predicted molar refractivity (Wildman–Crippen MR) is 108 cm³/mol. The van der Waals surface area contributed by atoms with E-state index in [2.05, 4.69) is 17.3 Å². The van der Waals surface area contributed by atoms with Crippen molar-refractivity contribution in [1.29, 1.82) is 0 Å². The standard InChI is InChI=1S/C21H23N3O3S/c1-24-9-8-16-19(11-24)28-21(22-16)23-20(25)12-26-13-6-7-18-15(10-13)14-4-2-3-5-17(14)27-18/h6-7,10H,2-5,8-9,11-12H2,1H3,(H,22,23,25)/p+1. The number of nitrogens with zero attached hydrogens (tertiary/aromatic N) is 1. The van der Waals surface area contributed by atoms with Crippen LogP contribution in [0.15, 0.2) is 22.6 Å². The van der Waals surface area contributed by atoms with Gasteiger partial charge in [0.1, 0.15) is 23.6 Å². The van der Waals surface area contributed by atoms with Crippen LogP contribution in [0.1, 0.15) is 34.7 Å². The van der Waals surface area contributed by atoms with Crippen LogP contribution in [0.5, 0.6) is 5.75 Å². The third-order valence-electron chi connectivity index (χ3n) is 5.57. The Bertz CT molecular complexity index is 1040. The van der Waals surface area contributed by atoms with E-state index in [1.807, 2.05) is 18.2 Å². The summed E-state index contributed by atoms with van der Waals surface area (Å²) in [5.41, 5.74) is 3.34. The highest BCUT2D eigenvalue weighted by Crippen LogP contribution is 2.34. The van der Waals surface area contributed by atoms with E-state index >= 15 is 0 Å². The number of likely N-dealkylation sites (N-methyl/N-ethyl adjacent to an activating group) is 1. The van der Waals surface area contributed by atoms with Crippen molar-refractivity contribution in [3.63, 3.8) is 0 Å². The zero-order chi connectivity index (χ0) is 19.1. The van der Waals surface area contributed by atoms with E-state index in [0.29, 0.717) is 10.9 Å². The van der Waals surface area contributed by atoms with Gasteiger partial charge < -0.3 is 14.1 Å². The van der Waals surface area contributed by atoms with Crippen molar-refractivity contribution in [3.05, 3.63) is 40.1 Å². The summed E-state index contributed by atoms with van der Waals surface area (Å²) in [7, 11) is 2.18. The third kappa shape index (κ3) is 3.40. The summed E-state index contributed by atoms with van der Waals surface area (Å²) in [6, 6.07) is 5.80. The average Bonchev–Trinajstić information content (AvgIpc) is 3.26. The molecule has 1 aliphatic heterocycles. The van der Waals surface area contributed by atoms with Crippen molar-refractivity contribution >= 4 is 33.3 Å². The molecule has 1 aliphatic carbocycles. The van der Waals surface area contributed by atoms with E-state index in [4.69, 9.17) is 9.15 Å². The molecule has 7 heteroatoms. The van der Waals surface area contributed by atoms with Crippen molar-refractivity contribution in [3.8, 4) is 5.75 Å². The predicted octanol–water partition coefficient (Wildman–Crippen LogP) is 2.36. The zero-order valence-corrected chi connectivity index (χ0v) is 16.8. The molecule has 6 nitrogen and oxygen atoms in total. The molecule has 1 atom stereocenters. The molecule has 2 aliphatic rings. The molecule has 0 fully saturated rings. The number of quaternary nitrogens is 1. The second kappa shape index (κ2) is 7.22. The van der Waals surface area contributed by atoms with Crippen LogP contribution < -0.4 is 15.0 Å². The highest BCUT2D eigenvalue weighted by atomic mass is 32.1. The quantitative estimate of drug-likeness (QED) is 0.708. The number of furan rings is 1. The van der Waals surface area contributed by atoms with Gasteiger partial charge in [0, 0.05) is 23.8 Å². The van der Waals surface area contributed by atoms with E-state index < -0.39 is 0 Å². The smallest absolute Gasteiger partial charge is 0.264 e. The summed E-state index contributed by atoms with van der Waals surface area (Å²) >= 11 is 1.58. The maximum atomic E-state index is 12.3. The van der Waals surface area contributed by atoms with Gasteiger partial charge in [0.2, 0.25) is 0 Å². The molecule has 1 amide bonds. The first-order valence-electron chi connectivity index (χ1n) is 9.92. The minimum absolute atomic E-state index is 0.0268. The van der Waals surface area contributed by atoms with Crippen molar-refractivity contribution in [1.82, 2.24) is 4.98 Å². The number of ether oxygens (including phenoxy) is 1. The first kappa shape index (κ1) is 17.7. The summed E-state index contributed by atoms with van der Waals surface area (Å²) in [5, 5.41) is 4.67. The number of amides is 1. The van der Waals surface area contributed by atoms with Crippen molar-refractivity contribution < 1.29 is 18.8 Å². The normalized spacial score (nSPS) is 18.5.